The van der Waals surface area contributed by atoms with Crippen molar-refractivity contribution in [3.63, 3.8) is 0 Å². The largest absolute Gasteiger partial charge is 0.385 e. The predicted molar refractivity (Wildman–Crippen MR) is 64.7 cm³/mol. The molecule has 1 aromatic heterocycles. The first-order valence-corrected chi connectivity index (χ1v) is 5.68. The number of pyridine rings is 1. The molecule has 0 spiro atoms. The molecule has 0 unspecified atom stereocenters. The van der Waals surface area contributed by atoms with Gasteiger partial charge in [-0.15, -0.1) is 0 Å². The number of amides is 2. The summed E-state index contributed by atoms with van der Waals surface area (Å²) in [5, 5.41) is 2.76. The first kappa shape index (κ1) is 14.1. The van der Waals surface area contributed by atoms with Gasteiger partial charge in [0.15, 0.2) is 12.4 Å². The number of hydrogen-bond acceptors (Lipinski definition) is 3. The van der Waals surface area contributed by atoms with Gasteiger partial charge in [-0.05, 0) is 12.5 Å². The van der Waals surface area contributed by atoms with Gasteiger partial charge in [0.1, 0.15) is 5.56 Å². The number of aromatic nitrogens is 1. The van der Waals surface area contributed by atoms with Crippen molar-refractivity contribution in [1.29, 1.82) is 0 Å². The van der Waals surface area contributed by atoms with Crippen molar-refractivity contribution < 1.29 is 18.9 Å². The molecule has 1 rings (SSSR count). The van der Waals surface area contributed by atoms with Crippen LogP contribution < -0.4 is 15.6 Å². The molecule has 18 heavy (non-hydrogen) atoms. The van der Waals surface area contributed by atoms with Crippen LogP contribution >= 0.6 is 0 Å². The molecule has 0 aliphatic heterocycles. The minimum atomic E-state index is -0.509. The Kier molecular flexibility index (Phi) is 5.79. The topological polar surface area (TPSA) is 85.3 Å². The van der Waals surface area contributed by atoms with Gasteiger partial charge in [-0.25, -0.2) is 0 Å². The molecule has 0 saturated carbocycles. The van der Waals surface area contributed by atoms with Crippen LogP contribution in [-0.2, 0) is 16.1 Å². The van der Waals surface area contributed by atoms with Gasteiger partial charge in [0.05, 0.1) is 0 Å². The molecule has 0 aliphatic rings. The molecule has 1 aromatic rings. The van der Waals surface area contributed by atoms with Crippen LogP contribution in [0.3, 0.4) is 0 Å². The Morgan fingerprint density at radius 3 is 2.94 bits per heavy atom. The average molecular weight is 252 g/mol. The maximum Gasteiger partial charge on any atom is 0.285 e. The molecule has 3 N–H and O–H groups in total. The van der Waals surface area contributed by atoms with Gasteiger partial charge >= 0.3 is 0 Å². The minimum absolute atomic E-state index is 0.113. The molecule has 6 nitrogen and oxygen atoms in total. The Morgan fingerprint density at radius 2 is 2.28 bits per heavy atom. The Labute approximate surface area is 106 Å². The van der Waals surface area contributed by atoms with Crippen LogP contribution in [-0.4, -0.2) is 32.1 Å². The molecule has 0 fully saturated rings. The fourth-order valence-corrected chi connectivity index (χ4v) is 1.43. The van der Waals surface area contributed by atoms with Gasteiger partial charge in [-0.2, -0.15) is 4.57 Å². The van der Waals surface area contributed by atoms with E-state index in [2.05, 4.69) is 5.32 Å². The van der Waals surface area contributed by atoms with Crippen LogP contribution in [0.15, 0.2) is 24.5 Å². The molecule has 0 radical (unpaired) electrons. The van der Waals surface area contributed by atoms with E-state index in [1.54, 1.807) is 36.2 Å². The smallest absolute Gasteiger partial charge is 0.285 e. The predicted octanol–water partition coefficient (Wildman–Crippen LogP) is -0.774. The third-order valence-electron chi connectivity index (χ3n) is 2.32. The number of nitrogens with zero attached hydrogens (tertiary/aromatic N) is 1. The number of methoxy groups -OCH3 is 1. The molecule has 0 atom stereocenters. The molecule has 0 aliphatic carbocycles. The van der Waals surface area contributed by atoms with Crippen molar-refractivity contribution >= 4 is 11.8 Å². The highest BCUT2D eigenvalue weighted by atomic mass is 16.5. The third-order valence-corrected chi connectivity index (χ3v) is 2.32. The molecule has 0 bridgehead atoms. The summed E-state index contributed by atoms with van der Waals surface area (Å²) in [5.74, 6) is -0.623. The lowest BCUT2D eigenvalue weighted by molar-refractivity contribution is -0.684. The zero-order chi connectivity index (χ0) is 13.4. The maximum absolute atomic E-state index is 11.6. The lowest BCUT2D eigenvalue weighted by atomic mass is 10.3. The van der Waals surface area contributed by atoms with E-state index in [9.17, 15) is 9.59 Å². The van der Waals surface area contributed by atoms with Crippen LogP contribution in [0.5, 0.6) is 0 Å². The lowest BCUT2D eigenvalue weighted by Gasteiger charge is -2.02. The van der Waals surface area contributed by atoms with Gasteiger partial charge in [-0.1, -0.05) is 0 Å². The van der Waals surface area contributed by atoms with E-state index in [0.717, 1.165) is 6.42 Å². The van der Waals surface area contributed by atoms with Crippen LogP contribution in [0.1, 0.15) is 16.8 Å². The summed E-state index contributed by atoms with van der Waals surface area (Å²) >= 11 is 0. The van der Waals surface area contributed by atoms with E-state index in [0.29, 0.717) is 18.7 Å². The number of carbonyl (C=O) groups is 2. The van der Waals surface area contributed by atoms with Gasteiger partial charge in [0.25, 0.3) is 11.8 Å². The first-order chi connectivity index (χ1) is 8.63. The van der Waals surface area contributed by atoms with Gasteiger partial charge in [0, 0.05) is 26.3 Å². The quantitative estimate of drug-likeness (QED) is 0.493. The van der Waals surface area contributed by atoms with Crippen LogP contribution in [0.25, 0.3) is 0 Å². The van der Waals surface area contributed by atoms with Crippen LogP contribution in [0.2, 0.25) is 0 Å². The monoisotopic (exact) mass is 252 g/mol. The number of rotatable bonds is 7. The number of ether oxygens (including phenoxy) is 1. The standard InChI is InChI=1S/C12H17N3O3/c1-18-7-3-5-14-11(16)9-15-6-2-4-10(8-15)12(13)17/h2,4,6,8H,3,5,7,9H2,1H3,(H2-,13,14,16,17)/p+1. The highest BCUT2D eigenvalue weighted by molar-refractivity contribution is 5.92. The fourth-order valence-electron chi connectivity index (χ4n) is 1.43. The summed E-state index contributed by atoms with van der Waals surface area (Å²) in [6.07, 6.45) is 4.03. The molecule has 0 aromatic carbocycles. The Hall–Kier alpha value is -1.95. The van der Waals surface area contributed by atoms with Crippen molar-refractivity contribution in [2.24, 2.45) is 5.73 Å². The molecule has 1 heterocycles. The van der Waals surface area contributed by atoms with E-state index in [4.69, 9.17) is 10.5 Å². The molecule has 6 heteroatoms. The minimum Gasteiger partial charge on any atom is -0.385 e. The zero-order valence-corrected chi connectivity index (χ0v) is 10.4. The zero-order valence-electron chi connectivity index (χ0n) is 10.4. The van der Waals surface area contributed by atoms with Crippen molar-refractivity contribution in [3.05, 3.63) is 30.1 Å². The average Bonchev–Trinajstić information content (AvgIpc) is 2.35. The molecule has 0 saturated heterocycles. The summed E-state index contributed by atoms with van der Waals surface area (Å²) in [6, 6.07) is 3.29. The Balaban J connectivity index is 2.44. The number of hydrogen-bond donors (Lipinski definition) is 2. The Morgan fingerprint density at radius 1 is 1.50 bits per heavy atom. The Bertz CT molecular complexity index is 421. The highest BCUT2D eigenvalue weighted by Crippen LogP contribution is 1.91. The summed E-state index contributed by atoms with van der Waals surface area (Å²) < 4.78 is 6.49. The second-order valence-corrected chi connectivity index (χ2v) is 3.83. The van der Waals surface area contributed by atoms with E-state index < -0.39 is 5.91 Å². The SMILES string of the molecule is COCCCNC(=O)C[n+]1cccc(C(N)=O)c1. The van der Waals surface area contributed by atoms with E-state index in [1.807, 2.05) is 0 Å². The summed E-state index contributed by atoms with van der Waals surface area (Å²) in [5.41, 5.74) is 5.54. The second kappa shape index (κ2) is 7.39. The number of primary amides is 1. The molecular formula is C12H18N3O3+. The summed E-state index contributed by atoms with van der Waals surface area (Å²) in [6.45, 7) is 1.35. The molecule has 98 valence electrons. The van der Waals surface area contributed by atoms with Gasteiger partial charge in [-0.3, -0.25) is 9.59 Å². The lowest BCUT2D eigenvalue weighted by Crippen LogP contribution is -2.43. The van der Waals surface area contributed by atoms with Crippen molar-refractivity contribution in [1.82, 2.24) is 5.32 Å². The fraction of sp³-hybridized carbons (Fsp3) is 0.417. The number of nitrogens with one attached hydrogen (secondary N) is 1. The van der Waals surface area contributed by atoms with Crippen molar-refractivity contribution in [2.45, 2.75) is 13.0 Å². The van der Waals surface area contributed by atoms with Crippen molar-refractivity contribution in [3.8, 4) is 0 Å². The van der Waals surface area contributed by atoms with E-state index >= 15 is 0 Å². The third kappa shape index (κ3) is 4.92. The summed E-state index contributed by atoms with van der Waals surface area (Å²) in [7, 11) is 1.62. The van der Waals surface area contributed by atoms with Crippen molar-refractivity contribution in [2.75, 3.05) is 20.3 Å². The maximum atomic E-state index is 11.6. The molecular weight excluding hydrogens is 234 g/mol. The van der Waals surface area contributed by atoms with E-state index in [-0.39, 0.29) is 12.5 Å². The van der Waals surface area contributed by atoms with Gasteiger partial charge in [0.2, 0.25) is 6.54 Å². The van der Waals surface area contributed by atoms with E-state index in [1.165, 1.54) is 0 Å². The number of nitrogens with two attached hydrogens (primary N) is 1. The molecule has 2 amide bonds. The first-order valence-electron chi connectivity index (χ1n) is 5.68. The second-order valence-electron chi connectivity index (χ2n) is 3.83. The van der Waals surface area contributed by atoms with Gasteiger partial charge < -0.3 is 15.8 Å². The van der Waals surface area contributed by atoms with Crippen LogP contribution in [0, 0.1) is 0 Å². The highest BCUT2D eigenvalue weighted by Gasteiger charge is 2.11. The normalized spacial score (nSPS) is 10.1. The number of carbonyl (C=O) groups excluding carboxylic acids is 2. The summed E-state index contributed by atoms with van der Waals surface area (Å²) in [4.78, 5) is 22.5. The van der Waals surface area contributed by atoms with Crippen LogP contribution in [0.4, 0.5) is 0 Å².